The van der Waals surface area contributed by atoms with Crippen molar-refractivity contribution in [3.63, 3.8) is 0 Å². The Labute approximate surface area is 197 Å². The molecule has 2 N–H and O–H groups in total. The lowest BCUT2D eigenvalue weighted by Crippen LogP contribution is -2.42. The highest BCUT2D eigenvalue weighted by Gasteiger charge is 2.45. The maximum Gasteiger partial charge on any atom is 0.219 e. The zero-order valence-corrected chi connectivity index (χ0v) is 20.6. The number of anilines is 1. The number of carbonyl (C=O) groups is 1. The zero-order chi connectivity index (χ0) is 23.2. The molecule has 32 heavy (non-hydrogen) atoms. The van der Waals surface area contributed by atoms with Crippen LogP contribution in [0.15, 0.2) is 51.3 Å². The molecule has 8 heteroatoms. The number of ketones is 1. The van der Waals surface area contributed by atoms with E-state index in [1.807, 2.05) is 31.2 Å². The topological polar surface area (TPSA) is 95.9 Å². The number of thioether (sulfide) groups is 1. The van der Waals surface area contributed by atoms with E-state index >= 15 is 0 Å². The Morgan fingerprint density at radius 1 is 1.31 bits per heavy atom. The number of aryl methyl sites for hydroxylation is 1. The maximum absolute atomic E-state index is 13.5. The average molecular weight is 466 g/mol. The number of nitrogens with two attached hydrogens (primary N) is 1. The fourth-order valence-corrected chi connectivity index (χ4v) is 6.56. The second-order valence-corrected chi connectivity index (χ2v) is 12.2. The number of hydrogen-bond acceptors (Lipinski definition) is 8. The predicted octanol–water partition coefficient (Wildman–Crippen LogP) is 5.29. The van der Waals surface area contributed by atoms with Crippen molar-refractivity contribution in [2.24, 2.45) is 11.1 Å². The predicted molar refractivity (Wildman–Crippen MR) is 129 cm³/mol. The standard InChI is InChI=1S/C24H27N5OS2/c1-13(2)31-23-28-27-22(32-23)29-17-10-24(4,5)11-18(30)20(17)19(16(12-25)21(29)26)15-8-6-7-14(3)9-15/h6-9,13,19H,10-11,26H2,1-5H3. The highest BCUT2D eigenvalue weighted by atomic mass is 32.2. The number of nitriles is 1. The molecule has 0 spiro atoms. The molecule has 0 bridgehead atoms. The molecule has 2 aliphatic rings. The summed E-state index contributed by atoms with van der Waals surface area (Å²) in [5, 5.41) is 19.8. The van der Waals surface area contributed by atoms with Crippen molar-refractivity contribution >= 4 is 34.0 Å². The number of hydrogen-bond donors (Lipinski definition) is 1. The van der Waals surface area contributed by atoms with Crippen LogP contribution in [0.1, 0.15) is 57.6 Å². The molecule has 166 valence electrons. The molecule has 2 aromatic rings. The highest BCUT2D eigenvalue weighted by Crippen LogP contribution is 2.50. The van der Waals surface area contributed by atoms with Gasteiger partial charge in [-0.05, 0) is 24.3 Å². The molecule has 1 atom stereocenters. The van der Waals surface area contributed by atoms with E-state index < -0.39 is 5.92 Å². The number of rotatable bonds is 4. The van der Waals surface area contributed by atoms with Crippen molar-refractivity contribution in [1.29, 1.82) is 5.26 Å². The molecule has 1 unspecified atom stereocenters. The minimum atomic E-state index is -0.466. The Morgan fingerprint density at radius 2 is 2.06 bits per heavy atom. The summed E-state index contributed by atoms with van der Waals surface area (Å²) in [7, 11) is 0. The lowest BCUT2D eigenvalue weighted by molar-refractivity contribution is -0.118. The van der Waals surface area contributed by atoms with Gasteiger partial charge in [-0.25, -0.2) is 0 Å². The summed E-state index contributed by atoms with van der Waals surface area (Å²) in [6, 6.07) is 10.3. The quantitative estimate of drug-likeness (QED) is 0.613. The first kappa shape index (κ1) is 22.6. The van der Waals surface area contributed by atoms with Gasteiger partial charge in [-0.1, -0.05) is 80.6 Å². The summed E-state index contributed by atoms with van der Waals surface area (Å²) in [5.74, 6) is -0.0676. The smallest absolute Gasteiger partial charge is 0.219 e. The van der Waals surface area contributed by atoms with Gasteiger partial charge in [0.05, 0.1) is 17.6 Å². The Morgan fingerprint density at radius 3 is 2.72 bits per heavy atom. The Kier molecular flexibility index (Phi) is 5.91. The first-order valence-electron chi connectivity index (χ1n) is 10.6. The molecular weight excluding hydrogens is 438 g/mol. The number of allylic oxidation sites excluding steroid dienone is 3. The van der Waals surface area contributed by atoms with Crippen LogP contribution >= 0.6 is 23.1 Å². The van der Waals surface area contributed by atoms with Gasteiger partial charge in [0.2, 0.25) is 5.13 Å². The average Bonchev–Trinajstić information content (AvgIpc) is 3.13. The van der Waals surface area contributed by atoms with Gasteiger partial charge in [-0.3, -0.25) is 9.69 Å². The lowest BCUT2D eigenvalue weighted by atomic mass is 9.68. The van der Waals surface area contributed by atoms with Crippen molar-refractivity contribution in [1.82, 2.24) is 10.2 Å². The summed E-state index contributed by atoms with van der Waals surface area (Å²) < 4.78 is 0.839. The molecule has 4 rings (SSSR count). The molecule has 1 aliphatic heterocycles. The number of benzene rings is 1. The zero-order valence-electron chi connectivity index (χ0n) is 19.0. The maximum atomic E-state index is 13.5. The molecule has 1 aliphatic carbocycles. The van der Waals surface area contributed by atoms with E-state index in [1.54, 1.807) is 16.7 Å². The van der Waals surface area contributed by atoms with E-state index in [-0.39, 0.29) is 11.2 Å². The summed E-state index contributed by atoms with van der Waals surface area (Å²) in [6.07, 6.45) is 1.10. The minimum absolute atomic E-state index is 0.0642. The van der Waals surface area contributed by atoms with Gasteiger partial charge in [-0.2, -0.15) is 5.26 Å². The largest absolute Gasteiger partial charge is 0.384 e. The molecule has 0 amide bonds. The minimum Gasteiger partial charge on any atom is -0.384 e. The third-order valence-electron chi connectivity index (χ3n) is 5.68. The number of Topliss-reactive ketones (excluding diaryl/α,β-unsaturated/α-hetero) is 1. The van der Waals surface area contributed by atoms with Crippen molar-refractivity contribution in [2.75, 3.05) is 4.90 Å². The molecule has 0 saturated carbocycles. The fourth-order valence-electron chi connectivity index (χ4n) is 4.45. The van der Waals surface area contributed by atoms with E-state index in [2.05, 4.69) is 44.0 Å². The summed E-state index contributed by atoms with van der Waals surface area (Å²) in [4.78, 5) is 15.3. The Balaban J connectivity index is 1.93. The van der Waals surface area contributed by atoms with Crippen molar-refractivity contribution in [3.05, 3.63) is 58.1 Å². The number of carbonyl (C=O) groups excluding carboxylic acids is 1. The molecule has 2 heterocycles. The molecule has 6 nitrogen and oxygen atoms in total. The molecule has 0 radical (unpaired) electrons. The number of aromatic nitrogens is 2. The normalized spacial score (nSPS) is 20.6. The van der Waals surface area contributed by atoms with Gasteiger partial charge in [-0.15, -0.1) is 10.2 Å². The Bertz CT molecular complexity index is 1180. The summed E-state index contributed by atoms with van der Waals surface area (Å²) in [6.45, 7) is 10.4. The van der Waals surface area contributed by atoms with Crippen LogP contribution in [-0.2, 0) is 4.79 Å². The van der Waals surface area contributed by atoms with Crippen LogP contribution in [0.5, 0.6) is 0 Å². The van der Waals surface area contributed by atoms with Gasteiger partial charge in [0.25, 0.3) is 0 Å². The van der Waals surface area contributed by atoms with Gasteiger partial charge in [0.15, 0.2) is 10.1 Å². The second-order valence-electron chi connectivity index (χ2n) is 9.41. The summed E-state index contributed by atoms with van der Waals surface area (Å²) in [5.41, 5.74) is 10.3. The number of nitrogens with zero attached hydrogens (tertiary/aromatic N) is 4. The second kappa shape index (κ2) is 8.38. The van der Waals surface area contributed by atoms with E-state index in [0.717, 1.165) is 21.2 Å². The van der Waals surface area contributed by atoms with Crippen LogP contribution in [0.2, 0.25) is 0 Å². The summed E-state index contributed by atoms with van der Waals surface area (Å²) >= 11 is 3.07. The molecule has 0 fully saturated rings. The van der Waals surface area contributed by atoms with Gasteiger partial charge >= 0.3 is 0 Å². The fraction of sp³-hybridized carbons (Fsp3) is 0.417. The lowest BCUT2D eigenvalue weighted by Gasteiger charge is -2.42. The van der Waals surface area contributed by atoms with Gasteiger partial charge in [0, 0.05) is 22.9 Å². The molecule has 1 aromatic heterocycles. The van der Waals surface area contributed by atoms with Crippen LogP contribution in [0.4, 0.5) is 5.13 Å². The van der Waals surface area contributed by atoms with Crippen molar-refractivity contribution < 1.29 is 4.79 Å². The highest BCUT2D eigenvalue weighted by molar-refractivity contribution is 8.01. The van der Waals surface area contributed by atoms with Crippen LogP contribution in [-0.4, -0.2) is 21.2 Å². The van der Waals surface area contributed by atoms with E-state index in [0.29, 0.717) is 40.2 Å². The molecular formula is C24H27N5OS2. The van der Waals surface area contributed by atoms with Crippen molar-refractivity contribution in [3.8, 4) is 6.07 Å². The van der Waals surface area contributed by atoms with Crippen molar-refractivity contribution in [2.45, 2.75) is 63.0 Å². The van der Waals surface area contributed by atoms with Gasteiger partial charge < -0.3 is 5.73 Å². The van der Waals surface area contributed by atoms with Crippen LogP contribution < -0.4 is 10.6 Å². The molecule has 1 aromatic carbocycles. The first-order valence-corrected chi connectivity index (χ1v) is 12.3. The van der Waals surface area contributed by atoms with E-state index in [9.17, 15) is 10.1 Å². The monoisotopic (exact) mass is 465 g/mol. The SMILES string of the molecule is Cc1cccc(C2C(C#N)=C(N)N(c3nnc(SC(C)C)s3)C3=C2C(=O)CC(C)(C)C3)c1. The van der Waals surface area contributed by atoms with E-state index in [4.69, 9.17) is 5.73 Å². The van der Waals surface area contributed by atoms with Crippen LogP contribution in [0, 0.1) is 23.7 Å². The van der Waals surface area contributed by atoms with Crippen LogP contribution in [0.3, 0.4) is 0 Å². The first-order chi connectivity index (χ1) is 15.1. The Hall–Kier alpha value is -2.63. The van der Waals surface area contributed by atoms with E-state index in [1.165, 1.54) is 11.3 Å². The van der Waals surface area contributed by atoms with Gasteiger partial charge in [0.1, 0.15) is 5.82 Å². The third-order valence-corrected chi connectivity index (χ3v) is 7.68. The van der Waals surface area contributed by atoms with Crippen LogP contribution in [0.25, 0.3) is 0 Å². The molecule has 0 saturated heterocycles. The third kappa shape index (κ3) is 4.07.